The predicted molar refractivity (Wildman–Crippen MR) is 49.9 cm³/mol. The van der Waals surface area contributed by atoms with Crippen LogP contribution in [0.15, 0.2) is 24.3 Å². The number of rotatable bonds is 4. The lowest BCUT2D eigenvalue weighted by molar-refractivity contribution is 0.257. The third kappa shape index (κ3) is 2.50. The first-order chi connectivity index (χ1) is 6.29. The van der Waals surface area contributed by atoms with Gasteiger partial charge in [0.2, 0.25) is 0 Å². The van der Waals surface area contributed by atoms with Crippen molar-refractivity contribution < 1.29 is 9.50 Å². The molecule has 0 fully saturated rings. The Kier molecular flexibility index (Phi) is 3.86. The molecule has 0 spiro atoms. The molecule has 2 nitrogen and oxygen atoms in total. The van der Waals surface area contributed by atoms with Gasteiger partial charge in [0.1, 0.15) is 5.82 Å². The van der Waals surface area contributed by atoms with E-state index in [0.29, 0.717) is 18.5 Å². The maximum atomic E-state index is 13.2. The number of aliphatic hydroxyl groups is 1. The molecular weight excluding hydrogens is 169 g/mol. The Hall–Kier alpha value is -0.930. The summed E-state index contributed by atoms with van der Waals surface area (Å²) < 4.78 is 13.2. The minimum atomic E-state index is -0.269. The third-order valence-corrected chi connectivity index (χ3v) is 2.08. The van der Waals surface area contributed by atoms with Gasteiger partial charge in [-0.1, -0.05) is 18.2 Å². The normalized spacial score (nSPS) is 12.8. The van der Waals surface area contributed by atoms with Gasteiger partial charge in [0.25, 0.3) is 0 Å². The molecule has 0 heterocycles. The average molecular weight is 183 g/mol. The monoisotopic (exact) mass is 183 g/mol. The molecule has 0 saturated heterocycles. The van der Waals surface area contributed by atoms with Crippen LogP contribution in [0.25, 0.3) is 0 Å². The van der Waals surface area contributed by atoms with Crippen LogP contribution in [0.1, 0.15) is 17.9 Å². The third-order valence-electron chi connectivity index (χ3n) is 2.08. The molecule has 0 aliphatic rings. The van der Waals surface area contributed by atoms with Crippen LogP contribution in [0.3, 0.4) is 0 Å². The molecule has 1 rings (SSSR count). The molecule has 1 atom stereocenters. The van der Waals surface area contributed by atoms with Crippen LogP contribution >= 0.6 is 0 Å². The highest BCUT2D eigenvalue weighted by molar-refractivity contribution is 5.21. The quantitative estimate of drug-likeness (QED) is 0.738. The van der Waals surface area contributed by atoms with Crippen molar-refractivity contribution in [1.82, 2.24) is 0 Å². The summed E-state index contributed by atoms with van der Waals surface area (Å²) in [4.78, 5) is 0. The van der Waals surface area contributed by atoms with E-state index in [0.717, 1.165) is 0 Å². The summed E-state index contributed by atoms with van der Waals surface area (Å²) >= 11 is 0. The van der Waals surface area contributed by atoms with Crippen molar-refractivity contribution in [3.63, 3.8) is 0 Å². The van der Waals surface area contributed by atoms with E-state index in [1.807, 2.05) is 0 Å². The molecule has 72 valence electrons. The van der Waals surface area contributed by atoms with Crippen molar-refractivity contribution in [3.8, 4) is 0 Å². The van der Waals surface area contributed by atoms with E-state index in [1.165, 1.54) is 6.07 Å². The molecule has 3 N–H and O–H groups in total. The lowest BCUT2D eigenvalue weighted by Gasteiger charge is -2.13. The maximum absolute atomic E-state index is 13.2. The van der Waals surface area contributed by atoms with Gasteiger partial charge in [-0.2, -0.15) is 0 Å². The van der Waals surface area contributed by atoms with E-state index in [1.54, 1.807) is 18.2 Å². The molecule has 0 aliphatic heterocycles. The maximum Gasteiger partial charge on any atom is 0.126 e. The highest BCUT2D eigenvalue weighted by Crippen LogP contribution is 2.20. The number of aliphatic hydroxyl groups excluding tert-OH is 1. The first-order valence-electron chi connectivity index (χ1n) is 4.35. The molecule has 13 heavy (non-hydrogen) atoms. The molecule has 0 bridgehead atoms. The second-order valence-corrected chi connectivity index (χ2v) is 2.98. The van der Waals surface area contributed by atoms with Crippen molar-refractivity contribution in [2.24, 2.45) is 5.73 Å². The summed E-state index contributed by atoms with van der Waals surface area (Å²) in [7, 11) is 0. The van der Waals surface area contributed by atoms with Crippen LogP contribution in [0.5, 0.6) is 0 Å². The van der Waals surface area contributed by atoms with E-state index >= 15 is 0 Å². The largest absolute Gasteiger partial charge is 0.396 e. The molecule has 1 unspecified atom stereocenters. The van der Waals surface area contributed by atoms with Crippen LogP contribution in [0.4, 0.5) is 4.39 Å². The Morgan fingerprint density at radius 1 is 1.38 bits per heavy atom. The minimum Gasteiger partial charge on any atom is -0.396 e. The fraction of sp³-hybridized carbons (Fsp3) is 0.400. The van der Waals surface area contributed by atoms with Crippen LogP contribution in [-0.2, 0) is 0 Å². The number of hydrogen-bond donors (Lipinski definition) is 2. The summed E-state index contributed by atoms with van der Waals surface area (Å²) in [6, 6.07) is 6.48. The second-order valence-electron chi connectivity index (χ2n) is 2.98. The Labute approximate surface area is 77.2 Å². The Morgan fingerprint density at radius 3 is 2.62 bits per heavy atom. The molecule has 1 aromatic rings. The standard InChI is InChI=1S/C10H14FNO/c11-10-4-2-1-3-9(10)8(7-13)5-6-12/h1-4,8,13H,5-7,12H2. The Balaban J connectivity index is 2.84. The van der Waals surface area contributed by atoms with E-state index in [2.05, 4.69) is 0 Å². The fourth-order valence-corrected chi connectivity index (χ4v) is 1.35. The van der Waals surface area contributed by atoms with Gasteiger partial charge in [-0.05, 0) is 24.6 Å². The lowest BCUT2D eigenvalue weighted by atomic mass is 9.96. The van der Waals surface area contributed by atoms with E-state index in [4.69, 9.17) is 10.8 Å². The molecule has 0 amide bonds. The second kappa shape index (κ2) is 4.94. The van der Waals surface area contributed by atoms with Crippen LogP contribution in [0.2, 0.25) is 0 Å². The van der Waals surface area contributed by atoms with Gasteiger partial charge in [0, 0.05) is 5.92 Å². The number of halogens is 1. The lowest BCUT2D eigenvalue weighted by Crippen LogP contribution is -2.12. The first-order valence-corrected chi connectivity index (χ1v) is 4.35. The zero-order chi connectivity index (χ0) is 9.68. The first kappa shape index (κ1) is 10.2. The molecular formula is C10H14FNO. The zero-order valence-corrected chi connectivity index (χ0v) is 7.41. The van der Waals surface area contributed by atoms with Crippen molar-refractivity contribution in [2.75, 3.05) is 13.2 Å². The van der Waals surface area contributed by atoms with Crippen molar-refractivity contribution in [2.45, 2.75) is 12.3 Å². The fourth-order valence-electron chi connectivity index (χ4n) is 1.35. The number of hydrogen-bond acceptors (Lipinski definition) is 2. The van der Waals surface area contributed by atoms with Gasteiger partial charge < -0.3 is 10.8 Å². The summed E-state index contributed by atoms with van der Waals surface area (Å²) in [5.74, 6) is -0.443. The highest BCUT2D eigenvalue weighted by Gasteiger charge is 2.12. The van der Waals surface area contributed by atoms with Gasteiger partial charge >= 0.3 is 0 Å². The molecule has 1 aromatic carbocycles. The van der Waals surface area contributed by atoms with Gasteiger partial charge in [-0.15, -0.1) is 0 Å². The molecule has 3 heteroatoms. The van der Waals surface area contributed by atoms with E-state index in [-0.39, 0.29) is 18.3 Å². The van der Waals surface area contributed by atoms with Crippen LogP contribution in [-0.4, -0.2) is 18.3 Å². The Bertz CT molecular complexity index is 265. The number of benzene rings is 1. The van der Waals surface area contributed by atoms with Crippen molar-refractivity contribution in [1.29, 1.82) is 0 Å². The summed E-state index contributed by atoms with van der Waals surface area (Å²) in [6.45, 7) is 0.400. The van der Waals surface area contributed by atoms with Gasteiger partial charge in [0.15, 0.2) is 0 Å². The summed E-state index contributed by atoms with van der Waals surface area (Å²) in [6.07, 6.45) is 0.609. The Morgan fingerprint density at radius 2 is 2.08 bits per heavy atom. The molecule has 0 aliphatic carbocycles. The SMILES string of the molecule is NCCC(CO)c1ccccc1F. The van der Waals surface area contributed by atoms with Crippen molar-refractivity contribution >= 4 is 0 Å². The minimum absolute atomic E-state index is 0.0574. The predicted octanol–water partition coefficient (Wildman–Crippen LogP) is 1.25. The van der Waals surface area contributed by atoms with Crippen molar-refractivity contribution in [3.05, 3.63) is 35.6 Å². The topological polar surface area (TPSA) is 46.2 Å². The van der Waals surface area contributed by atoms with E-state index < -0.39 is 0 Å². The highest BCUT2D eigenvalue weighted by atomic mass is 19.1. The van der Waals surface area contributed by atoms with Gasteiger partial charge in [-0.3, -0.25) is 0 Å². The van der Waals surface area contributed by atoms with Crippen LogP contribution in [0, 0.1) is 5.82 Å². The molecule has 0 aromatic heterocycles. The molecule has 0 saturated carbocycles. The van der Waals surface area contributed by atoms with Gasteiger partial charge in [0.05, 0.1) is 6.61 Å². The van der Waals surface area contributed by atoms with Crippen LogP contribution < -0.4 is 5.73 Å². The summed E-state index contributed by atoms with van der Waals surface area (Å²) in [5, 5.41) is 9.01. The summed E-state index contributed by atoms with van der Waals surface area (Å²) in [5.41, 5.74) is 5.91. The van der Waals surface area contributed by atoms with Gasteiger partial charge in [-0.25, -0.2) is 4.39 Å². The smallest absolute Gasteiger partial charge is 0.126 e. The molecule has 0 radical (unpaired) electrons. The number of nitrogens with two attached hydrogens (primary N) is 1. The average Bonchev–Trinajstić information content (AvgIpc) is 2.16. The van der Waals surface area contributed by atoms with E-state index in [9.17, 15) is 4.39 Å². The zero-order valence-electron chi connectivity index (χ0n) is 7.41.